The number of aliphatic hydroxyl groups is 1. The highest BCUT2D eigenvalue weighted by Crippen LogP contribution is 2.08. The molecule has 1 N–H and O–H groups in total. The summed E-state index contributed by atoms with van der Waals surface area (Å²) >= 11 is 0. The van der Waals surface area contributed by atoms with Gasteiger partial charge >= 0.3 is 5.97 Å². The molecule has 0 amide bonds. The fourth-order valence-electron chi connectivity index (χ4n) is 1.13. The van der Waals surface area contributed by atoms with Gasteiger partial charge in [0.1, 0.15) is 0 Å². The van der Waals surface area contributed by atoms with Crippen LogP contribution >= 0.6 is 0 Å². The van der Waals surface area contributed by atoms with Crippen LogP contribution in [-0.2, 0) is 9.53 Å². The SMILES string of the molecule is COC(=O)C(O)/C=C(/C)CCC=C(C)C. The number of esters is 1. The standard InChI is InChI=1S/C12H20O3/c1-9(2)6-5-7-10(3)8-11(13)12(14)15-4/h6,8,11,13H,5,7H2,1-4H3/b10-8-. The Morgan fingerprint density at radius 1 is 1.40 bits per heavy atom. The lowest BCUT2D eigenvalue weighted by Crippen LogP contribution is -2.19. The minimum Gasteiger partial charge on any atom is -0.467 e. The first-order chi connectivity index (χ1) is 6.97. The molecule has 1 atom stereocenters. The van der Waals surface area contributed by atoms with Crippen LogP contribution in [0.25, 0.3) is 0 Å². The van der Waals surface area contributed by atoms with Gasteiger partial charge in [-0.3, -0.25) is 0 Å². The van der Waals surface area contributed by atoms with E-state index in [2.05, 4.69) is 10.8 Å². The first-order valence-electron chi connectivity index (χ1n) is 5.04. The molecule has 0 heterocycles. The van der Waals surface area contributed by atoms with Crippen molar-refractivity contribution in [3.8, 4) is 0 Å². The highest BCUT2D eigenvalue weighted by molar-refractivity contribution is 5.76. The van der Waals surface area contributed by atoms with Crippen molar-refractivity contribution in [3.05, 3.63) is 23.3 Å². The van der Waals surface area contributed by atoms with Gasteiger partial charge in [0.15, 0.2) is 6.10 Å². The predicted octanol–water partition coefficient (Wildman–Crippen LogP) is 2.21. The Morgan fingerprint density at radius 2 is 2.00 bits per heavy atom. The summed E-state index contributed by atoms with van der Waals surface area (Å²) in [6, 6.07) is 0. The van der Waals surface area contributed by atoms with Gasteiger partial charge in [0, 0.05) is 0 Å². The number of hydrogen-bond acceptors (Lipinski definition) is 3. The number of allylic oxidation sites excluding steroid dienone is 3. The Hall–Kier alpha value is -1.09. The zero-order valence-electron chi connectivity index (χ0n) is 9.91. The summed E-state index contributed by atoms with van der Waals surface area (Å²) < 4.78 is 4.41. The third kappa shape index (κ3) is 6.91. The fourth-order valence-corrected chi connectivity index (χ4v) is 1.13. The van der Waals surface area contributed by atoms with Gasteiger partial charge in [0.05, 0.1) is 7.11 Å². The van der Waals surface area contributed by atoms with E-state index in [1.807, 2.05) is 20.8 Å². The van der Waals surface area contributed by atoms with Crippen LogP contribution in [0.3, 0.4) is 0 Å². The maximum absolute atomic E-state index is 10.9. The molecule has 0 spiro atoms. The Kier molecular flexibility index (Phi) is 6.71. The van der Waals surface area contributed by atoms with Crippen LogP contribution in [-0.4, -0.2) is 24.3 Å². The van der Waals surface area contributed by atoms with Crippen molar-refractivity contribution in [2.75, 3.05) is 7.11 Å². The molecule has 3 heteroatoms. The number of rotatable bonds is 5. The van der Waals surface area contributed by atoms with Crippen LogP contribution in [0, 0.1) is 0 Å². The first-order valence-corrected chi connectivity index (χ1v) is 5.04. The molecule has 0 bridgehead atoms. The summed E-state index contributed by atoms with van der Waals surface area (Å²) in [5.74, 6) is -0.614. The molecule has 0 aliphatic carbocycles. The molecule has 86 valence electrons. The van der Waals surface area contributed by atoms with Crippen LogP contribution in [0.4, 0.5) is 0 Å². The topological polar surface area (TPSA) is 46.5 Å². The zero-order valence-corrected chi connectivity index (χ0v) is 9.91. The van der Waals surface area contributed by atoms with Gasteiger partial charge in [-0.1, -0.05) is 17.2 Å². The fraction of sp³-hybridized carbons (Fsp3) is 0.583. The first kappa shape index (κ1) is 13.9. The summed E-state index contributed by atoms with van der Waals surface area (Å²) in [5.41, 5.74) is 2.27. The minimum atomic E-state index is -1.14. The molecule has 0 aromatic carbocycles. The summed E-state index contributed by atoms with van der Waals surface area (Å²) in [4.78, 5) is 10.9. The van der Waals surface area contributed by atoms with Crippen molar-refractivity contribution < 1.29 is 14.6 Å². The van der Waals surface area contributed by atoms with E-state index in [4.69, 9.17) is 0 Å². The molecule has 0 aliphatic rings. The van der Waals surface area contributed by atoms with E-state index in [9.17, 15) is 9.90 Å². The van der Waals surface area contributed by atoms with Crippen molar-refractivity contribution >= 4 is 5.97 Å². The number of ether oxygens (including phenoxy) is 1. The van der Waals surface area contributed by atoms with Crippen LogP contribution in [0.5, 0.6) is 0 Å². The maximum Gasteiger partial charge on any atom is 0.338 e. The van der Waals surface area contributed by atoms with E-state index < -0.39 is 12.1 Å². The summed E-state index contributed by atoms with van der Waals surface area (Å²) in [6.07, 6.45) is 4.30. The average molecular weight is 212 g/mol. The van der Waals surface area contributed by atoms with Crippen molar-refractivity contribution in [3.63, 3.8) is 0 Å². The molecule has 3 nitrogen and oxygen atoms in total. The van der Waals surface area contributed by atoms with Gasteiger partial charge in [-0.25, -0.2) is 4.79 Å². The molecule has 0 saturated carbocycles. The van der Waals surface area contributed by atoms with Crippen molar-refractivity contribution in [1.29, 1.82) is 0 Å². The summed E-state index contributed by atoms with van der Waals surface area (Å²) in [6.45, 7) is 5.98. The summed E-state index contributed by atoms with van der Waals surface area (Å²) in [7, 11) is 1.26. The lowest BCUT2D eigenvalue weighted by Gasteiger charge is -2.05. The normalized spacial score (nSPS) is 13.3. The van der Waals surface area contributed by atoms with Gasteiger partial charge in [-0.15, -0.1) is 0 Å². The second-order valence-corrected chi connectivity index (χ2v) is 3.80. The Bertz CT molecular complexity index is 260. The van der Waals surface area contributed by atoms with E-state index >= 15 is 0 Å². The predicted molar refractivity (Wildman–Crippen MR) is 60.4 cm³/mol. The van der Waals surface area contributed by atoms with Crippen LogP contribution in [0.1, 0.15) is 33.6 Å². The zero-order chi connectivity index (χ0) is 11.8. The monoisotopic (exact) mass is 212 g/mol. The third-order valence-corrected chi connectivity index (χ3v) is 1.98. The molecule has 0 saturated heterocycles. The van der Waals surface area contributed by atoms with Gasteiger partial charge in [0.25, 0.3) is 0 Å². The number of methoxy groups -OCH3 is 1. The highest BCUT2D eigenvalue weighted by atomic mass is 16.5. The van der Waals surface area contributed by atoms with Crippen molar-refractivity contribution in [1.82, 2.24) is 0 Å². The Labute approximate surface area is 91.4 Å². The smallest absolute Gasteiger partial charge is 0.338 e. The molecule has 0 aromatic rings. The van der Waals surface area contributed by atoms with Crippen LogP contribution in [0.2, 0.25) is 0 Å². The Morgan fingerprint density at radius 3 is 2.47 bits per heavy atom. The molecule has 0 aliphatic heterocycles. The van der Waals surface area contributed by atoms with Gasteiger partial charge in [-0.2, -0.15) is 0 Å². The molecule has 15 heavy (non-hydrogen) atoms. The average Bonchev–Trinajstić information content (AvgIpc) is 2.15. The number of aliphatic hydroxyl groups excluding tert-OH is 1. The van der Waals surface area contributed by atoms with Crippen LogP contribution < -0.4 is 0 Å². The maximum atomic E-state index is 10.9. The highest BCUT2D eigenvalue weighted by Gasteiger charge is 2.11. The molecule has 0 radical (unpaired) electrons. The number of carbonyl (C=O) groups is 1. The van der Waals surface area contributed by atoms with E-state index in [1.165, 1.54) is 18.8 Å². The van der Waals surface area contributed by atoms with Crippen molar-refractivity contribution in [2.45, 2.75) is 39.7 Å². The van der Waals surface area contributed by atoms with E-state index in [1.54, 1.807) is 0 Å². The number of hydrogen-bond donors (Lipinski definition) is 1. The minimum absolute atomic E-state index is 0.614. The van der Waals surface area contributed by atoms with E-state index in [0.717, 1.165) is 18.4 Å². The second kappa shape index (κ2) is 7.23. The van der Waals surface area contributed by atoms with Gasteiger partial charge in [0.2, 0.25) is 0 Å². The van der Waals surface area contributed by atoms with Crippen LogP contribution in [0.15, 0.2) is 23.3 Å². The lowest BCUT2D eigenvalue weighted by atomic mass is 10.1. The second-order valence-electron chi connectivity index (χ2n) is 3.80. The molecular formula is C12H20O3. The summed E-state index contributed by atoms with van der Waals surface area (Å²) in [5, 5.41) is 9.33. The van der Waals surface area contributed by atoms with Gasteiger partial charge < -0.3 is 9.84 Å². The Balaban J connectivity index is 4.08. The number of carbonyl (C=O) groups excluding carboxylic acids is 1. The molecular weight excluding hydrogens is 192 g/mol. The molecule has 1 unspecified atom stereocenters. The van der Waals surface area contributed by atoms with Crippen molar-refractivity contribution in [2.24, 2.45) is 0 Å². The third-order valence-electron chi connectivity index (χ3n) is 1.98. The molecule has 0 fully saturated rings. The lowest BCUT2D eigenvalue weighted by molar-refractivity contribution is -0.147. The largest absolute Gasteiger partial charge is 0.467 e. The quantitative estimate of drug-likeness (QED) is 0.561. The molecule has 0 rings (SSSR count). The van der Waals surface area contributed by atoms with Gasteiger partial charge in [-0.05, 0) is 39.7 Å². The van der Waals surface area contributed by atoms with E-state index in [0.29, 0.717) is 0 Å². The van der Waals surface area contributed by atoms with E-state index in [-0.39, 0.29) is 0 Å². The molecule has 0 aromatic heterocycles.